The first-order chi connectivity index (χ1) is 11.6. The standard InChI is InChI=1S/C20H23NO3/c1-14(2)24-20(23)16-10-6-7-13-21-17(16)11-12-18(21)19(22)15-8-4-3-5-9-15/h3-5,8-9,11-12,14,16H,6-7,10,13H2,1-2H3. The second-order valence-electron chi connectivity index (χ2n) is 6.52. The number of hydrogen-bond donors (Lipinski definition) is 0. The fourth-order valence-corrected chi connectivity index (χ4v) is 3.29. The molecule has 1 unspecified atom stereocenters. The monoisotopic (exact) mass is 325 g/mol. The molecule has 0 saturated carbocycles. The number of rotatable bonds is 4. The van der Waals surface area contributed by atoms with Crippen LogP contribution in [-0.2, 0) is 16.1 Å². The molecule has 126 valence electrons. The number of ether oxygens (including phenoxy) is 1. The lowest BCUT2D eigenvalue weighted by Gasteiger charge is -2.18. The van der Waals surface area contributed by atoms with Crippen molar-refractivity contribution in [3.63, 3.8) is 0 Å². The molecule has 0 N–H and O–H groups in total. The molecular weight excluding hydrogens is 302 g/mol. The molecule has 4 nitrogen and oxygen atoms in total. The zero-order valence-corrected chi connectivity index (χ0v) is 14.2. The van der Waals surface area contributed by atoms with Crippen LogP contribution in [0.5, 0.6) is 0 Å². The Morgan fingerprint density at radius 1 is 1.08 bits per heavy atom. The van der Waals surface area contributed by atoms with Gasteiger partial charge in [-0.25, -0.2) is 0 Å². The Bertz CT molecular complexity index is 731. The second-order valence-corrected chi connectivity index (χ2v) is 6.52. The van der Waals surface area contributed by atoms with Gasteiger partial charge >= 0.3 is 5.97 Å². The molecule has 1 aromatic carbocycles. The highest BCUT2D eigenvalue weighted by molar-refractivity contribution is 6.08. The predicted octanol–water partition coefficient (Wildman–Crippen LogP) is 3.94. The van der Waals surface area contributed by atoms with Crippen LogP contribution in [0.2, 0.25) is 0 Å². The number of benzene rings is 1. The highest BCUT2D eigenvalue weighted by Crippen LogP contribution is 2.31. The van der Waals surface area contributed by atoms with Crippen molar-refractivity contribution in [2.75, 3.05) is 0 Å². The van der Waals surface area contributed by atoms with E-state index in [1.54, 1.807) is 0 Å². The van der Waals surface area contributed by atoms with E-state index in [1.165, 1.54) is 0 Å². The van der Waals surface area contributed by atoms with Crippen molar-refractivity contribution < 1.29 is 14.3 Å². The van der Waals surface area contributed by atoms with Crippen LogP contribution in [0.4, 0.5) is 0 Å². The summed E-state index contributed by atoms with van der Waals surface area (Å²) >= 11 is 0. The average Bonchev–Trinajstić information content (AvgIpc) is 2.86. The Morgan fingerprint density at radius 2 is 1.83 bits per heavy atom. The molecule has 0 fully saturated rings. The number of nitrogens with zero attached hydrogens (tertiary/aromatic N) is 1. The van der Waals surface area contributed by atoms with Crippen molar-refractivity contribution in [3.05, 3.63) is 59.4 Å². The fourth-order valence-electron chi connectivity index (χ4n) is 3.29. The van der Waals surface area contributed by atoms with Gasteiger partial charge in [0.2, 0.25) is 5.78 Å². The van der Waals surface area contributed by atoms with Gasteiger partial charge in [-0.2, -0.15) is 0 Å². The van der Waals surface area contributed by atoms with Crippen molar-refractivity contribution in [2.45, 2.75) is 51.7 Å². The zero-order valence-electron chi connectivity index (χ0n) is 14.2. The van der Waals surface area contributed by atoms with Gasteiger partial charge < -0.3 is 9.30 Å². The number of ketones is 1. The third-order valence-electron chi connectivity index (χ3n) is 4.40. The Hall–Kier alpha value is -2.36. The molecule has 0 bridgehead atoms. The number of esters is 1. The minimum atomic E-state index is -0.285. The van der Waals surface area contributed by atoms with E-state index in [0.717, 1.165) is 31.5 Å². The van der Waals surface area contributed by atoms with Gasteiger partial charge in [0.05, 0.1) is 17.7 Å². The van der Waals surface area contributed by atoms with Gasteiger partial charge in [-0.3, -0.25) is 9.59 Å². The molecule has 0 aliphatic carbocycles. The zero-order chi connectivity index (χ0) is 17.1. The Morgan fingerprint density at radius 3 is 2.54 bits per heavy atom. The second kappa shape index (κ2) is 7.04. The minimum Gasteiger partial charge on any atom is -0.462 e. The minimum absolute atomic E-state index is 0.000253. The Kier molecular flexibility index (Phi) is 4.84. The molecule has 0 amide bonds. The summed E-state index contributed by atoms with van der Waals surface area (Å²) in [5.74, 6) is -0.475. The van der Waals surface area contributed by atoms with Gasteiger partial charge in [-0.15, -0.1) is 0 Å². The molecule has 0 spiro atoms. The van der Waals surface area contributed by atoms with Crippen LogP contribution in [-0.4, -0.2) is 22.4 Å². The SMILES string of the molecule is CC(C)OC(=O)C1CCCCn2c(C(=O)c3ccccc3)ccc21. The number of fused-ring (bicyclic) bond motifs is 1. The molecule has 3 rings (SSSR count). The summed E-state index contributed by atoms with van der Waals surface area (Å²) in [5, 5.41) is 0. The van der Waals surface area contributed by atoms with Crippen molar-refractivity contribution in [2.24, 2.45) is 0 Å². The molecular formula is C20H23NO3. The number of carbonyl (C=O) groups is 2. The van der Waals surface area contributed by atoms with E-state index in [1.807, 2.05) is 60.9 Å². The van der Waals surface area contributed by atoms with Gasteiger partial charge in [0.25, 0.3) is 0 Å². The first kappa shape index (κ1) is 16.5. The number of hydrogen-bond acceptors (Lipinski definition) is 3. The van der Waals surface area contributed by atoms with Gasteiger partial charge in [-0.05, 0) is 38.8 Å². The highest BCUT2D eigenvalue weighted by Gasteiger charge is 2.30. The van der Waals surface area contributed by atoms with Crippen molar-refractivity contribution in [1.82, 2.24) is 4.57 Å². The molecule has 2 heterocycles. The summed E-state index contributed by atoms with van der Waals surface area (Å²) in [7, 11) is 0. The summed E-state index contributed by atoms with van der Waals surface area (Å²) in [4.78, 5) is 25.3. The Labute approximate surface area is 142 Å². The van der Waals surface area contributed by atoms with Gasteiger partial charge in [0.1, 0.15) is 0 Å². The smallest absolute Gasteiger partial charge is 0.315 e. The molecule has 0 saturated heterocycles. The van der Waals surface area contributed by atoms with Crippen LogP contribution in [0, 0.1) is 0 Å². The van der Waals surface area contributed by atoms with Crippen LogP contribution in [0.1, 0.15) is 60.8 Å². The van der Waals surface area contributed by atoms with Gasteiger partial charge in [0.15, 0.2) is 0 Å². The molecule has 4 heteroatoms. The quantitative estimate of drug-likeness (QED) is 0.632. The third kappa shape index (κ3) is 3.28. The van der Waals surface area contributed by atoms with Crippen molar-refractivity contribution >= 4 is 11.8 Å². The first-order valence-electron chi connectivity index (χ1n) is 8.57. The largest absolute Gasteiger partial charge is 0.462 e. The van der Waals surface area contributed by atoms with Crippen molar-refractivity contribution in [3.8, 4) is 0 Å². The van der Waals surface area contributed by atoms with E-state index >= 15 is 0 Å². The maximum atomic E-state index is 12.8. The summed E-state index contributed by atoms with van der Waals surface area (Å²) in [6.07, 6.45) is 2.56. The van der Waals surface area contributed by atoms with Crippen LogP contribution in [0.3, 0.4) is 0 Å². The lowest BCUT2D eigenvalue weighted by Crippen LogP contribution is -2.21. The maximum absolute atomic E-state index is 12.8. The predicted molar refractivity (Wildman–Crippen MR) is 92.1 cm³/mol. The maximum Gasteiger partial charge on any atom is 0.315 e. The summed E-state index contributed by atoms with van der Waals surface area (Å²) < 4.78 is 7.43. The fraction of sp³-hybridized carbons (Fsp3) is 0.400. The van der Waals surface area contributed by atoms with E-state index < -0.39 is 0 Å². The molecule has 1 aromatic heterocycles. The van der Waals surface area contributed by atoms with E-state index in [4.69, 9.17) is 4.74 Å². The van der Waals surface area contributed by atoms with Crippen LogP contribution in [0.25, 0.3) is 0 Å². The summed E-state index contributed by atoms with van der Waals surface area (Å²) in [6.45, 7) is 4.48. The average molecular weight is 325 g/mol. The van der Waals surface area contributed by atoms with E-state index in [-0.39, 0.29) is 23.8 Å². The summed E-state index contributed by atoms with van der Waals surface area (Å²) in [5.41, 5.74) is 2.22. The van der Waals surface area contributed by atoms with Crippen LogP contribution in [0.15, 0.2) is 42.5 Å². The molecule has 1 aliphatic heterocycles. The lowest BCUT2D eigenvalue weighted by atomic mass is 10.00. The Balaban J connectivity index is 1.95. The lowest BCUT2D eigenvalue weighted by molar-refractivity contribution is -0.149. The number of aromatic nitrogens is 1. The van der Waals surface area contributed by atoms with Gasteiger partial charge in [0, 0.05) is 17.8 Å². The van der Waals surface area contributed by atoms with Crippen LogP contribution < -0.4 is 0 Å². The van der Waals surface area contributed by atoms with Crippen molar-refractivity contribution in [1.29, 1.82) is 0 Å². The molecule has 0 radical (unpaired) electrons. The highest BCUT2D eigenvalue weighted by atomic mass is 16.5. The van der Waals surface area contributed by atoms with Crippen LogP contribution >= 0.6 is 0 Å². The molecule has 1 aliphatic rings. The normalized spacial score (nSPS) is 17.2. The third-order valence-corrected chi connectivity index (χ3v) is 4.40. The topological polar surface area (TPSA) is 48.3 Å². The molecule has 24 heavy (non-hydrogen) atoms. The van der Waals surface area contributed by atoms with Gasteiger partial charge in [-0.1, -0.05) is 36.8 Å². The molecule has 2 aromatic rings. The molecule has 1 atom stereocenters. The summed E-state index contributed by atoms with van der Waals surface area (Å²) in [6, 6.07) is 13.0. The van der Waals surface area contributed by atoms with E-state index in [9.17, 15) is 9.59 Å². The number of carbonyl (C=O) groups excluding carboxylic acids is 2. The van der Waals surface area contributed by atoms with E-state index in [0.29, 0.717) is 11.3 Å². The first-order valence-corrected chi connectivity index (χ1v) is 8.57. The van der Waals surface area contributed by atoms with E-state index in [2.05, 4.69) is 0 Å².